The summed E-state index contributed by atoms with van der Waals surface area (Å²) in [6.07, 6.45) is -4.73. The van der Waals surface area contributed by atoms with Gasteiger partial charge in [0.05, 0.1) is 5.69 Å². The first-order chi connectivity index (χ1) is 8.85. The Morgan fingerprint density at radius 3 is 2.32 bits per heavy atom. The van der Waals surface area contributed by atoms with Crippen LogP contribution in [0.1, 0.15) is 0 Å². The molecule has 0 atom stereocenters. The third kappa shape index (κ3) is 3.31. The number of nitrogens with two attached hydrogens (primary N) is 1. The minimum absolute atomic E-state index is 0.125. The van der Waals surface area contributed by atoms with Crippen molar-refractivity contribution in [1.82, 2.24) is 0 Å². The quantitative estimate of drug-likeness (QED) is 0.647. The van der Waals surface area contributed by atoms with Crippen LogP contribution >= 0.6 is 0 Å². The number of nitrogen functional groups attached to an aromatic ring is 1. The van der Waals surface area contributed by atoms with Gasteiger partial charge in [-0.3, -0.25) is 0 Å². The number of hydrogen-bond donors (Lipinski definition) is 2. The topological polar surface area (TPSA) is 55.5 Å². The van der Waals surface area contributed by atoms with Crippen LogP contribution in [0.15, 0.2) is 42.5 Å². The lowest BCUT2D eigenvalue weighted by atomic mass is 10.0. The minimum Gasteiger partial charge on any atom is -0.506 e. The molecule has 2 aromatic carbocycles. The van der Waals surface area contributed by atoms with E-state index in [2.05, 4.69) is 4.74 Å². The van der Waals surface area contributed by atoms with E-state index in [-0.39, 0.29) is 17.2 Å². The Balaban J connectivity index is 2.35. The zero-order valence-corrected chi connectivity index (χ0v) is 9.61. The largest absolute Gasteiger partial charge is 0.573 e. The summed E-state index contributed by atoms with van der Waals surface area (Å²) in [5.74, 6) is -0.444. The van der Waals surface area contributed by atoms with E-state index < -0.39 is 6.36 Å². The van der Waals surface area contributed by atoms with E-state index in [4.69, 9.17) is 5.73 Å². The van der Waals surface area contributed by atoms with Crippen molar-refractivity contribution in [3.63, 3.8) is 0 Å². The maximum atomic E-state index is 12.1. The Kier molecular flexibility index (Phi) is 3.25. The van der Waals surface area contributed by atoms with Crippen LogP contribution in [-0.2, 0) is 0 Å². The second kappa shape index (κ2) is 4.72. The number of benzene rings is 2. The van der Waals surface area contributed by atoms with Crippen LogP contribution in [0.2, 0.25) is 0 Å². The molecule has 0 heterocycles. The van der Waals surface area contributed by atoms with Gasteiger partial charge in [0.2, 0.25) is 0 Å². The predicted octanol–water partition coefficient (Wildman–Crippen LogP) is 3.54. The average Bonchev–Trinajstić information content (AvgIpc) is 2.31. The highest BCUT2D eigenvalue weighted by Gasteiger charge is 2.31. The molecule has 0 radical (unpaired) electrons. The van der Waals surface area contributed by atoms with Gasteiger partial charge < -0.3 is 15.6 Å². The SMILES string of the molecule is Nc1ccc(-c2cccc(OC(F)(F)F)c2)cc1O. The van der Waals surface area contributed by atoms with Crippen molar-refractivity contribution in [2.75, 3.05) is 5.73 Å². The van der Waals surface area contributed by atoms with Gasteiger partial charge in [-0.2, -0.15) is 0 Å². The Bertz CT molecular complexity index is 597. The molecule has 0 amide bonds. The third-order valence-corrected chi connectivity index (χ3v) is 2.43. The molecule has 0 aromatic heterocycles. The molecule has 0 unspecified atom stereocenters. The van der Waals surface area contributed by atoms with E-state index in [1.165, 1.54) is 30.3 Å². The fourth-order valence-electron chi connectivity index (χ4n) is 1.60. The zero-order valence-electron chi connectivity index (χ0n) is 9.61. The molecule has 0 aliphatic rings. The third-order valence-electron chi connectivity index (χ3n) is 2.43. The van der Waals surface area contributed by atoms with Gasteiger partial charge in [-0.15, -0.1) is 13.2 Å². The highest BCUT2D eigenvalue weighted by atomic mass is 19.4. The van der Waals surface area contributed by atoms with E-state index in [0.717, 1.165) is 0 Å². The number of anilines is 1. The number of alkyl halides is 3. The Morgan fingerprint density at radius 2 is 1.68 bits per heavy atom. The van der Waals surface area contributed by atoms with Crippen LogP contribution in [0.5, 0.6) is 11.5 Å². The van der Waals surface area contributed by atoms with Crippen LogP contribution in [0.25, 0.3) is 11.1 Å². The van der Waals surface area contributed by atoms with Crippen LogP contribution in [0.3, 0.4) is 0 Å². The van der Waals surface area contributed by atoms with Crippen LogP contribution in [0, 0.1) is 0 Å². The molecule has 0 saturated carbocycles. The van der Waals surface area contributed by atoms with Crippen LogP contribution in [-0.4, -0.2) is 11.5 Å². The van der Waals surface area contributed by atoms with Crippen molar-refractivity contribution in [3.8, 4) is 22.6 Å². The normalized spacial score (nSPS) is 11.3. The summed E-state index contributed by atoms with van der Waals surface area (Å²) in [6, 6.07) is 9.93. The molecule has 2 rings (SSSR count). The summed E-state index contributed by atoms with van der Waals surface area (Å²) in [4.78, 5) is 0. The fourth-order valence-corrected chi connectivity index (χ4v) is 1.60. The van der Waals surface area contributed by atoms with E-state index in [9.17, 15) is 18.3 Å². The summed E-state index contributed by atoms with van der Waals surface area (Å²) >= 11 is 0. The number of phenols is 1. The van der Waals surface area contributed by atoms with Gasteiger partial charge in [-0.1, -0.05) is 18.2 Å². The summed E-state index contributed by atoms with van der Waals surface area (Å²) in [5, 5.41) is 9.48. The second-order valence-electron chi connectivity index (χ2n) is 3.85. The molecule has 19 heavy (non-hydrogen) atoms. The average molecular weight is 269 g/mol. The molecule has 2 aromatic rings. The smallest absolute Gasteiger partial charge is 0.506 e. The number of rotatable bonds is 2. The van der Waals surface area contributed by atoms with E-state index >= 15 is 0 Å². The molecule has 0 saturated heterocycles. The molecule has 0 aliphatic heterocycles. The highest BCUT2D eigenvalue weighted by molar-refractivity contribution is 5.70. The van der Waals surface area contributed by atoms with Gasteiger partial charge in [0.1, 0.15) is 11.5 Å². The van der Waals surface area contributed by atoms with E-state index in [0.29, 0.717) is 11.1 Å². The first kappa shape index (κ1) is 13.1. The minimum atomic E-state index is -4.73. The summed E-state index contributed by atoms with van der Waals surface area (Å²) in [6.45, 7) is 0. The predicted molar refractivity (Wildman–Crippen MR) is 64.6 cm³/mol. The highest BCUT2D eigenvalue weighted by Crippen LogP contribution is 2.31. The maximum absolute atomic E-state index is 12.1. The zero-order chi connectivity index (χ0) is 14.0. The van der Waals surface area contributed by atoms with Crippen molar-refractivity contribution in [2.45, 2.75) is 6.36 Å². The molecule has 6 heteroatoms. The van der Waals surface area contributed by atoms with Gasteiger partial charge >= 0.3 is 6.36 Å². The van der Waals surface area contributed by atoms with Gasteiger partial charge in [0.25, 0.3) is 0 Å². The summed E-state index contributed by atoms with van der Waals surface area (Å²) < 4.78 is 40.2. The lowest BCUT2D eigenvalue weighted by Gasteiger charge is -2.10. The Labute approximate surface area is 107 Å². The fraction of sp³-hybridized carbons (Fsp3) is 0.0769. The lowest BCUT2D eigenvalue weighted by molar-refractivity contribution is -0.274. The first-order valence-electron chi connectivity index (χ1n) is 5.30. The van der Waals surface area contributed by atoms with E-state index in [1.54, 1.807) is 12.1 Å². The van der Waals surface area contributed by atoms with Gasteiger partial charge in [-0.25, -0.2) is 0 Å². The lowest BCUT2D eigenvalue weighted by Crippen LogP contribution is -2.17. The monoisotopic (exact) mass is 269 g/mol. The van der Waals surface area contributed by atoms with Crippen LogP contribution < -0.4 is 10.5 Å². The van der Waals surface area contributed by atoms with Gasteiger partial charge in [-0.05, 0) is 35.4 Å². The van der Waals surface area contributed by atoms with Crippen molar-refractivity contribution in [2.24, 2.45) is 0 Å². The van der Waals surface area contributed by atoms with Gasteiger partial charge in [0, 0.05) is 0 Å². The van der Waals surface area contributed by atoms with Crippen molar-refractivity contribution in [3.05, 3.63) is 42.5 Å². The molecule has 3 nitrogen and oxygen atoms in total. The molecular formula is C13H10F3NO2. The number of ether oxygens (including phenoxy) is 1. The number of hydrogen-bond acceptors (Lipinski definition) is 3. The number of halogens is 3. The molecule has 3 N–H and O–H groups in total. The number of aromatic hydroxyl groups is 1. The molecule has 0 spiro atoms. The van der Waals surface area contributed by atoms with E-state index in [1.807, 2.05) is 0 Å². The Morgan fingerprint density at radius 1 is 1.00 bits per heavy atom. The first-order valence-corrected chi connectivity index (χ1v) is 5.30. The van der Waals surface area contributed by atoms with Crippen molar-refractivity contribution in [1.29, 1.82) is 0 Å². The summed E-state index contributed by atoms with van der Waals surface area (Å²) in [7, 11) is 0. The molecule has 0 aliphatic carbocycles. The summed E-state index contributed by atoms with van der Waals surface area (Å²) in [5.41, 5.74) is 6.68. The number of phenolic OH excluding ortho intramolecular Hbond substituents is 1. The molecule has 0 bridgehead atoms. The van der Waals surface area contributed by atoms with Crippen LogP contribution in [0.4, 0.5) is 18.9 Å². The second-order valence-corrected chi connectivity index (χ2v) is 3.85. The molecule has 0 fully saturated rings. The van der Waals surface area contributed by atoms with Crippen molar-refractivity contribution >= 4 is 5.69 Å². The Hall–Kier alpha value is -2.37. The van der Waals surface area contributed by atoms with Crippen molar-refractivity contribution < 1.29 is 23.0 Å². The van der Waals surface area contributed by atoms with Gasteiger partial charge in [0.15, 0.2) is 0 Å². The molecule has 100 valence electrons. The maximum Gasteiger partial charge on any atom is 0.573 e. The molecular weight excluding hydrogens is 259 g/mol. The standard InChI is InChI=1S/C13H10F3NO2/c14-13(15,16)19-10-3-1-2-8(6-10)9-4-5-11(17)12(18)7-9/h1-7,18H,17H2.